The van der Waals surface area contributed by atoms with Gasteiger partial charge in [-0.05, 0) is 6.42 Å². The zero-order valence-corrected chi connectivity index (χ0v) is 10.9. The lowest BCUT2D eigenvalue weighted by Crippen LogP contribution is -2.53. The second-order valence-electron chi connectivity index (χ2n) is 4.03. The highest BCUT2D eigenvalue weighted by molar-refractivity contribution is 7.88. The molecule has 0 saturated carbocycles. The van der Waals surface area contributed by atoms with Crippen molar-refractivity contribution in [2.24, 2.45) is 0 Å². The van der Waals surface area contributed by atoms with Gasteiger partial charge in [-0.15, -0.1) is 0 Å². The van der Waals surface area contributed by atoms with E-state index in [1.54, 1.807) is 0 Å². The van der Waals surface area contributed by atoms with Crippen LogP contribution < -0.4 is 5.32 Å². The highest BCUT2D eigenvalue weighted by Gasteiger charge is 2.43. The molecule has 1 saturated heterocycles. The number of nitrogens with one attached hydrogen (secondary N) is 1. The van der Waals surface area contributed by atoms with Gasteiger partial charge in [0.2, 0.25) is 5.91 Å². The Balaban J connectivity index is 2.34. The van der Waals surface area contributed by atoms with Crippen LogP contribution in [0, 0.1) is 0 Å². The second kappa shape index (κ2) is 4.93. The van der Waals surface area contributed by atoms with Crippen molar-refractivity contribution in [3.8, 4) is 0 Å². The first kappa shape index (κ1) is 13.4. The molecule has 0 aromatic heterocycles. The van der Waals surface area contributed by atoms with Crippen molar-refractivity contribution in [3.05, 3.63) is 35.8 Å². The summed E-state index contributed by atoms with van der Waals surface area (Å²) >= 11 is 0. The molecule has 0 spiro atoms. The fourth-order valence-corrected chi connectivity index (χ4v) is 3.43. The van der Waals surface area contributed by atoms with Gasteiger partial charge in [0.05, 0.1) is 10.5 Å². The maximum absolute atomic E-state index is 12.2. The molecule has 0 bridgehead atoms. The molecule has 0 radical (unpaired) electrons. The first-order valence-corrected chi connectivity index (χ1v) is 6.70. The molecule has 19 heavy (non-hydrogen) atoms. The first-order chi connectivity index (χ1) is 9.01. The number of allylic oxidation sites excluding steroid dienone is 1. The third-order valence-corrected chi connectivity index (χ3v) is 4.49. The van der Waals surface area contributed by atoms with Gasteiger partial charge in [-0.3, -0.25) is 19.7 Å². The topological polar surface area (TPSA) is 83.6 Å². The normalized spacial score (nSPS) is 27.6. The summed E-state index contributed by atoms with van der Waals surface area (Å²) in [6, 6.07) is -0.904. The van der Waals surface area contributed by atoms with Crippen molar-refractivity contribution in [2.45, 2.75) is 18.9 Å². The molecule has 1 fully saturated rings. The molecular weight excluding hydrogens is 268 g/mol. The van der Waals surface area contributed by atoms with Gasteiger partial charge in [0.1, 0.15) is 6.04 Å². The van der Waals surface area contributed by atoms with Crippen LogP contribution >= 0.6 is 0 Å². The van der Waals surface area contributed by atoms with E-state index in [0.29, 0.717) is 0 Å². The molecule has 2 heterocycles. The molecule has 0 aromatic rings. The molecule has 2 aliphatic rings. The largest absolute Gasteiger partial charge is 0.295 e. The Bertz CT molecular complexity index is 534. The van der Waals surface area contributed by atoms with Crippen LogP contribution in [0.3, 0.4) is 0 Å². The highest BCUT2D eigenvalue weighted by Crippen LogP contribution is 2.30. The number of carbonyl (C=O) groups excluding carboxylic acids is 3. The Hall–Kier alpha value is -2.02. The summed E-state index contributed by atoms with van der Waals surface area (Å²) in [4.78, 5) is 35.2. The quantitative estimate of drug-likeness (QED) is 0.733. The lowest BCUT2D eigenvalue weighted by molar-refractivity contribution is -0.139. The van der Waals surface area contributed by atoms with Crippen LogP contribution in [0.2, 0.25) is 0 Å². The maximum atomic E-state index is 12.2. The van der Waals surface area contributed by atoms with Crippen LogP contribution in [-0.4, -0.2) is 32.3 Å². The SMILES string of the molecule is C=CC1=C(C=C)S(=O)N(C2CCC(=O)NC2=O)C1=O. The molecule has 100 valence electrons. The Labute approximate surface area is 112 Å². The van der Waals surface area contributed by atoms with Gasteiger partial charge < -0.3 is 0 Å². The Morgan fingerprint density at radius 2 is 1.95 bits per heavy atom. The minimum atomic E-state index is -1.79. The minimum Gasteiger partial charge on any atom is -0.295 e. The second-order valence-corrected chi connectivity index (χ2v) is 5.36. The molecule has 3 amide bonds. The van der Waals surface area contributed by atoms with Crippen LogP contribution in [0.15, 0.2) is 35.8 Å². The van der Waals surface area contributed by atoms with Crippen LogP contribution in [-0.2, 0) is 25.4 Å². The summed E-state index contributed by atoms with van der Waals surface area (Å²) < 4.78 is 13.2. The van der Waals surface area contributed by atoms with Gasteiger partial charge in [-0.25, -0.2) is 8.51 Å². The average Bonchev–Trinajstić information content (AvgIpc) is 2.61. The monoisotopic (exact) mass is 280 g/mol. The standard InChI is InChI=1S/C12H12N2O4S/c1-3-7-9(4-2)19(18)14(12(7)17)8-5-6-10(15)13-11(8)16/h3-4,8H,1-2,5-6H2,(H,13,15,16). The number of nitrogens with zero attached hydrogens (tertiary/aromatic N) is 1. The van der Waals surface area contributed by atoms with E-state index in [4.69, 9.17) is 0 Å². The Morgan fingerprint density at radius 3 is 2.42 bits per heavy atom. The third kappa shape index (κ3) is 2.06. The van der Waals surface area contributed by atoms with Gasteiger partial charge in [0, 0.05) is 6.42 Å². The molecule has 2 unspecified atom stereocenters. The van der Waals surface area contributed by atoms with Crippen LogP contribution in [0.5, 0.6) is 0 Å². The molecule has 6 nitrogen and oxygen atoms in total. The van der Waals surface area contributed by atoms with Crippen LogP contribution in [0.1, 0.15) is 12.8 Å². The maximum Gasteiger partial charge on any atom is 0.267 e. The first-order valence-electron chi connectivity index (χ1n) is 5.59. The predicted octanol–water partition coefficient (Wildman–Crippen LogP) is -0.0764. The predicted molar refractivity (Wildman–Crippen MR) is 68.6 cm³/mol. The molecule has 1 N–H and O–H groups in total. The van der Waals surface area contributed by atoms with E-state index in [1.807, 2.05) is 0 Å². The van der Waals surface area contributed by atoms with E-state index in [2.05, 4.69) is 18.5 Å². The van der Waals surface area contributed by atoms with Gasteiger partial charge in [-0.1, -0.05) is 25.3 Å². The van der Waals surface area contributed by atoms with Gasteiger partial charge in [0.25, 0.3) is 11.8 Å². The number of piperidine rings is 1. The van der Waals surface area contributed by atoms with Crippen molar-refractivity contribution >= 4 is 28.7 Å². The fourth-order valence-electron chi connectivity index (χ4n) is 2.03. The van der Waals surface area contributed by atoms with Gasteiger partial charge >= 0.3 is 0 Å². The smallest absolute Gasteiger partial charge is 0.267 e. The summed E-state index contributed by atoms with van der Waals surface area (Å²) in [6.45, 7) is 7.00. The van der Waals surface area contributed by atoms with E-state index >= 15 is 0 Å². The number of carbonyl (C=O) groups is 3. The van der Waals surface area contributed by atoms with E-state index < -0.39 is 28.8 Å². The lowest BCUT2D eigenvalue weighted by atomic mass is 10.1. The minimum absolute atomic E-state index is 0.115. The van der Waals surface area contributed by atoms with Gasteiger partial charge in [-0.2, -0.15) is 0 Å². The van der Waals surface area contributed by atoms with E-state index in [-0.39, 0.29) is 29.2 Å². The number of imide groups is 1. The van der Waals surface area contributed by atoms with Crippen molar-refractivity contribution in [2.75, 3.05) is 0 Å². The summed E-state index contributed by atoms with van der Waals surface area (Å²) in [5.41, 5.74) is 0.179. The molecule has 0 aromatic carbocycles. The van der Waals surface area contributed by atoms with Crippen molar-refractivity contribution in [1.29, 1.82) is 0 Å². The fraction of sp³-hybridized carbons (Fsp3) is 0.250. The molecule has 2 atom stereocenters. The number of hydrogen-bond donors (Lipinski definition) is 1. The summed E-state index contributed by atoms with van der Waals surface area (Å²) in [7, 11) is -1.79. The van der Waals surface area contributed by atoms with Crippen LogP contribution in [0.25, 0.3) is 0 Å². The zero-order valence-electron chi connectivity index (χ0n) is 10.0. The molecule has 0 aliphatic carbocycles. The van der Waals surface area contributed by atoms with Crippen molar-refractivity contribution in [3.63, 3.8) is 0 Å². The number of amides is 3. The highest BCUT2D eigenvalue weighted by atomic mass is 32.2. The zero-order chi connectivity index (χ0) is 14.2. The summed E-state index contributed by atoms with van der Waals surface area (Å²) in [6.07, 6.45) is 2.89. The van der Waals surface area contributed by atoms with E-state index in [1.165, 1.54) is 12.2 Å². The van der Waals surface area contributed by atoms with E-state index in [9.17, 15) is 18.6 Å². The van der Waals surface area contributed by atoms with E-state index in [0.717, 1.165) is 4.31 Å². The molecular formula is C12H12N2O4S. The molecule has 2 rings (SSSR count). The lowest BCUT2D eigenvalue weighted by Gasteiger charge is -2.28. The number of hydrogen-bond acceptors (Lipinski definition) is 4. The third-order valence-electron chi connectivity index (χ3n) is 2.95. The van der Waals surface area contributed by atoms with Crippen molar-refractivity contribution < 1.29 is 18.6 Å². The van der Waals surface area contributed by atoms with Crippen LogP contribution in [0.4, 0.5) is 0 Å². The summed E-state index contributed by atoms with van der Waals surface area (Å²) in [5, 5.41) is 2.14. The molecule has 2 aliphatic heterocycles. The van der Waals surface area contributed by atoms with Gasteiger partial charge in [0.15, 0.2) is 11.0 Å². The summed E-state index contributed by atoms with van der Waals surface area (Å²) in [5.74, 6) is -1.52. The Kier molecular flexibility index (Phi) is 3.48. The number of rotatable bonds is 3. The average molecular weight is 280 g/mol. The Morgan fingerprint density at radius 1 is 1.26 bits per heavy atom. The van der Waals surface area contributed by atoms with Crippen molar-refractivity contribution in [1.82, 2.24) is 9.62 Å². The molecule has 7 heteroatoms.